The predicted molar refractivity (Wildman–Crippen MR) is 339 cm³/mol. The Balaban J connectivity index is 4.48. The van der Waals surface area contributed by atoms with Crippen LogP contribution in [0, 0.1) is 0 Å². The van der Waals surface area contributed by atoms with Crippen LogP contribution in [0.15, 0.2) is 134 Å². The summed E-state index contributed by atoms with van der Waals surface area (Å²) in [5.74, 6) is -0.964. The van der Waals surface area contributed by atoms with Crippen LogP contribution in [0.3, 0.4) is 0 Å². The summed E-state index contributed by atoms with van der Waals surface area (Å²) in [6.07, 6.45) is 91.7. The maximum absolute atomic E-state index is 12.9. The molecule has 78 heavy (non-hydrogen) atoms. The summed E-state index contributed by atoms with van der Waals surface area (Å²) in [4.78, 5) is 38.3. The Morgan fingerprint density at radius 3 is 0.846 bits per heavy atom. The van der Waals surface area contributed by atoms with Crippen molar-refractivity contribution in [2.45, 2.75) is 290 Å². The van der Waals surface area contributed by atoms with Crippen LogP contribution in [0.25, 0.3) is 0 Å². The van der Waals surface area contributed by atoms with Gasteiger partial charge in [-0.15, -0.1) is 0 Å². The Hall–Kier alpha value is -4.45. The lowest BCUT2D eigenvalue weighted by Crippen LogP contribution is -2.30. The van der Waals surface area contributed by atoms with Crippen LogP contribution in [-0.4, -0.2) is 37.2 Å². The van der Waals surface area contributed by atoms with Crippen LogP contribution in [0.1, 0.15) is 284 Å². The van der Waals surface area contributed by atoms with Gasteiger partial charge >= 0.3 is 17.9 Å². The molecule has 0 aliphatic rings. The van der Waals surface area contributed by atoms with Crippen molar-refractivity contribution in [2.24, 2.45) is 0 Å². The van der Waals surface area contributed by atoms with E-state index in [2.05, 4.69) is 154 Å². The summed E-state index contributed by atoms with van der Waals surface area (Å²) in [5, 5.41) is 0. The molecule has 0 amide bonds. The number of unbranched alkanes of at least 4 members (excludes halogenated alkanes) is 24. The smallest absolute Gasteiger partial charge is 0.306 e. The van der Waals surface area contributed by atoms with Gasteiger partial charge in [0, 0.05) is 19.3 Å². The molecule has 442 valence electrons. The second-order valence-corrected chi connectivity index (χ2v) is 20.9. The minimum Gasteiger partial charge on any atom is -0.462 e. The molecular formula is C72H118O6. The number of ether oxygens (including phenoxy) is 3. The lowest BCUT2D eigenvalue weighted by Gasteiger charge is -2.18. The van der Waals surface area contributed by atoms with Crippen LogP contribution >= 0.6 is 0 Å². The number of carbonyl (C=O) groups is 3. The van der Waals surface area contributed by atoms with E-state index < -0.39 is 6.10 Å². The average Bonchev–Trinajstić information content (AvgIpc) is 3.44. The van der Waals surface area contributed by atoms with Gasteiger partial charge in [0.1, 0.15) is 13.2 Å². The highest BCUT2D eigenvalue weighted by molar-refractivity contribution is 5.71. The van der Waals surface area contributed by atoms with Gasteiger partial charge < -0.3 is 14.2 Å². The molecule has 0 bridgehead atoms. The molecule has 0 saturated heterocycles. The lowest BCUT2D eigenvalue weighted by atomic mass is 10.1. The van der Waals surface area contributed by atoms with E-state index in [1.165, 1.54) is 109 Å². The fourth-order valence-electron chi connectivity index (χ4n) is 8.54. The Bertz CT molecular complexity index is 1670. The topological polar surface area (TPSA) is 78.9 Å². The number of hydrogen-bond acceptors (Lipinski definition) is 6. The zero-order chi connectivity index (χ0) is 56.4. The fraction of sp³-hybridized carbons (Fsp3) is 0.653. The standard InChI is InChI=1S/C72H118O6/c1-4-7-10-13-16-19-22-25-28-30-32-33-34-35-36-37-38-39-40-42-44-47-50-53-56-59-62-65-71(74)77-68-69(67-76-70(73)64-61-58-55-52-49-46-43-27-24-21-18-15-12-9-6-3)78-72(75)66-63-60-57-54-51-48-45-41-31-29-26-23-20-17-14-11-8-5-2/h7,10,16,18-19,21,25,27-29,31-33,35-36,38-39,42-44,50,53,69H,4-6,8-9,11-15,17,20,22-24,26,30,34,37,40-41,45-49,51-52,54-68H2,1-3H3/b10-7-,19-16-,21-18-,28-25-,31-29-,33-32-,36-35-,39-38-,43-27-,44-42-,53-50-. The summed E-state index contributed by atoms with van der Waals surface area (Å²) in [6, 6.07) is 0. The molecule has 0 aromatic rings. The van der Waals surface area contributed by atoms with Crippen LogP contribution in [-0.2, 0) is 28.6 Å². The van der Waals surface area contributed by atoms with Crippen LogP contribution in [0.4, 0.5) is 0 Å². The molecular weight excluding hydrogens is 961 g/mol. The van der Waals surface area contributed by atoms with E-state index in [9.17, 15) is 14.4 Å². The molecule has 0 aromatic carbocycles. The van der Waals surface area contributed by atoms with Crippen LogP contribution < -0.4 is 0 Å². The Labute approximate surface area is 481 Å². The maximum Gasteiger partial charge on any atom is 0.306 e. The van der Waals surface area contributed by atoms with E-state index in [1.807, 2.05) is 0 Å². The van der Waals surface area contributed by atoms with Crippen molar-refractivity contribution in [3.05, 3.63) is 134 Å². The Kier molecular flexibility index (Phi) is 61.4. The summed E-state index contributed by atoms with van der Waals surface area (Å²) in [5.41, 5.74) is 0. The zero-order valence-corrected chi connectivity index (χ0v) is 50.6. The summed E-state index contributed by atoms with van der Waals surface area (Å²) in [7, 11) is 0. The van der Waals surface area contributed by atoms with Crippen LogP contribution in [0.2, 0.25) is 0 Å². The van der Waals surface area contributed by atoms with Gasteiger partial charge in [-0.2, -0.15) is 0 Å². The molecule has 0 aromatic heterocycles. The van der Waals surface area contributed by atoms with E-state index in [4.69, 9.17) is 14.2 Å². The van der Waals surface area contributed by atoms with Crippen molar-refractivity contribution < 1.29 is 28.6 Å². The second-order valence-electron chi connectivity index (χ2n) is 20.9. The molecule has 0 fully saturated rings. The predicted octanol–water partition coefficient (Wildman–Crippen LogP) is 22.2. The van der Waals surface area contributed by atoms with Gasteiger partial charge in [0.05, 0.1) is 0 Å². The number of rotatable bonds is 57. The molecule has 0 saturated carbocycles. The van der Waals surface area contributed by atoms with Gasteiger partial charge in [-0.25, -0.2) is 0 Å². The van der Waals surface area contributed by atoms with Crippen molar-refractivity contribution >= 4 is 17.9 Å². The van der Waals surface area contributed by atoms with E-state index >= 15 is 0 Å². The monoisotopic (exact) mass is 1080 g/mol. The van der Waals surface area contributed by atoms with Gasteiger partial charge in [0.2, 0.25) is 0 Å². The van der Waals surface area contributed by atoms with Crippen molar-refractivity contribution in [1.82, 2.24) is 0 Å². The molecule has 0 rings (SSSR count). The highest BCUT2D eigenvalue weighted by atomic mass is 16.6. The quantitative estimate of drug-likeness (QED) is 0.0261. The van der Waals surface area contributed by atoms with Crippen molar-refractivity contribution in [3.8, 4) is 0 Å². The minimum absolute atomic E-state index is 0.104. The van der Waals surface area contributed by atoms with E-state index in [0.717, 1.165) is 128 Å². The van der Waals surface area contributed by atoms with Gasteiger partial charge in [0.15, 0.2) is 6.10 Å². The third kappa shape index (κ3) is 62.4. The summed E-state index contributed by atoms with van der Waals surface area (Å²) in [6.45, 7) is 6.45. The molecule has 0 radical (unpaired) electrons. The first kappa shape index (κ1) is 73.5. The summed E-state index contributed by atoms with van der Waals surface area (Å²) >= 11 is 0. The molecule has 0 spiro atoms. The first-order chi connectivity index (χ1) is 38.5. The molecule has 6 nitrogen and oxygen atoms in total. The van der Waals surface area contributed by atoms with Crippen molar-refractivity contribution in [3.63, 3.8) is 0 Å². The highest BCUT2D eigenvalue weighted by Crippen LogP contribution is 2.14. The third-order valence-electron chi connectivity index (χ3n) is 13.4. The van der Waals surface area contributed by atoms with Gasteiger partial charge in [-0.05, 0) is 141 Å². The van der Waals surface area contributed by atoms with Gasteiger partial charge in [-0.3, -0.25) is 14.4 Å². The number of carbonyl (C=O) groups excluding carboxylic acids is 3. The number of allylic oxidation sites excluding steroid dienone is 22. The largest absolute Gasteiger partial charge is 0.462 e. The zero-order valence-electron chi connectivity index (χ0n) is 50.6. The molecule has 0 aliphatic heterocycles. The van der Waals surface area contributed by atoms with Gasteiger partial charge in [-0.1, -0.05) is 257 Å². The lowest BCUT2D eigenvalue weighted by molar-refractivity contribution is -0.167. The highest BCUT2D eigenvalue weighted by Gasteiger charge is 2.19. The molecule has 0 aliphatic carbocycles. The number of hydrogen-bond donors (Lipinski definition) is 0. The van der Waals surface area contributed by atoms with E-state index in [-0.39, 0.29) is 31.1 Å². The Morgan fingerprint density at radius 1 is 0.269 bits per heavy atom. The first-order valence-electron chi connectivity index (χ1n) is 32.2. The molecule has 0 heterocycles. The maximum atomic E-state index is 12.9. The van der Waals surface area contributed by atoms with Crippen molar-refractivity contribution in [1.29, 1.82) is 0 Å². The van der Waals surface area contributed by atoms with E-state index in [1.54, 1.807) is 0 Å². The van der Waals surface area contributed by atoms with Crippen LogP contribution in [0.5, 0.6) is 0 Å². The Morgan fingerprint density at radius 2 is 0.500 bits per heavy atom. The van der Waals surface area contributed by atoms with Gasteiger partial charge in [0.25, 0.3) is 0 Å². The first-order valence-corrected chi connectivity index (χ1v) is 32.2. The average molecular weight is 1080 g/mol. The molecule has 0 N–H and O–H groups in total. The fourth-order valence-corrected chi connectivity index (χ4v) is 8.54. The normalized spacial score (nSPS) is 13.0. The summed E-state index contributed by atoms with van der Waals surface area (Å²) < 4.78 is 16.9. The SMILES string of the molecule is CC/C=C\C/C=C\C/C=C\C/C=C\C/C=C\C/C=C\C/C=C\C/C=C\CCCCC(=O)OCC(COC(=O)CCCCCCC/C=C\C/C=C\CCCCC)OC(=O)CCCCCCCCC/C=C\CCCCCCCCC. The number of esters is 3. The molecule has 1 atom stereocenters. The van der Waals surface area contributed by atoms with Crippen molar-refractivity contribution in [2.75, 3.05) is 13.2 Å². The van der Waals surface area contributed by atoms with E-state index in [0.29, 0.717) is 25.7 Å². The second kappa shape index (κ2) is 65.1. The molecule has 6 heteroatoms. The third-order valence-corrected chi connectivity index (χ3v) is 13.4. The molecule has 1 unspecified atom stereocenters. The minimum atomic E-state index is -0.810.